The van der Waals surface area contributed by atoms with Crippen LogP contribution in [0.3, 0.4) is 0 Å². The Bertz CT molecular complexity index is 1390. The predicted octanol–water partition coefficient (Wildman–Crippen LogP) is 7.89. The first-order valence-corrected chi connectivity index (χ1v) is 15.4. The molecule has 0 saturated carbocycles. The van der Waals surface area contributed by atoms with E-state index in [4.69, 9.17) is 28.4 Å². The molecule has 5 atom stereocenters. The Morgan fingerprint density at radius 2 is 1.07 bits per heavy atom. The summed E-state index contributed by atoms with van der Waals surface area (Å²) in [5, 5.41) is 0. The van der Waals surface area contributed by atoms with Crippen LogP contribution in [0.1, 0.15) is 30.0 Å². The molecule has 7 nitrogen and oxygen atoms in total. The molecule has 5 unspecified atom stereocenters. The van der Waals surface area contributed by atoms with E-state index in [1.807, 2.05) is 91.0 Å². The van der Waals surface area contributed by atoms with Crippen LogP contribution in [0.4, 0.5) is 4.79 Å². The molecule has 0 spiro atoms. The second-order valence-corrected chi connectivity index (χ2v) is 11.0. The number of halogens is 1. The van der Waals surface area contributed by atoms with Crippen LogP contribution >= 0.6 is 22.6 Å². The highest BCUT2D eigenvalue weighted by atomic mass is 127. The standard InChI is InChI=1S/C35H35IO7/c1-2-30-31(38-22-25-12-6-3-7-13-25)32(39-23-26-14-8-4-9-15-26)33(40-24-27-16-10-5-11-17-27)34(43-30)41-28-18-20-29(21-19-28)42-35(36)37/h3-21,30-34H,2,22-24H2,1H3. The van der Waals surface area contributed by atoms with Crippen molar-refractivity contribution in [2.45, 2.75) is 63.9 Å². The number of carbonyl (C=O) groups is 1. The van der Waals surface area contributed by atoms with Crippen molar-refractivity contribution >= 4 is 26.6 Å². The zero-order valence-corrected chi connectivity index (χ0v) is 26.1. The van der Waals surface area contributed by atoms with Crippen molar-refractivity contribution in [3.05, 3.63) is 132 Å². The summed E-state index contributed by atoms with van der Waals surface area (Å²) >= 11 is 1.59. The van der Waals surface area contributed by atoms with Gasteiger partial charge in [0.1, 0.15) is 29.8 Å². The highest BCUT2D eigenvalue weighted by Gasteiger charge is 2.49. The molecule has 5 rings (SSSR count). The van der Waals surface area contributed by atoms with Crippen LogP contribution in [-0.2, 0) is 38.8 Å². The Hall–Kier alpha value is -3.28. The smallest absolute Gasteiger partial charge is 0.372 e. The Morgan fingerprint density at radius 3 is 1.53 bits per heavy atom. The van der Waals surface area contributed by atoms with Crippen LogP contribution in [-0.4, -0.2) is 34.7 Å². The monoisotopic (exact) mass is 694 g/mol. The average molecular weight is 695 g/mol. The van der Waals surface area contributed by atoms with E-state index >= 15 is 0 Å². The highest BCUT2D eigenvalue weighted by Crippen LogP contribution is 2.33. The summed E-state index contributed by atoms with van der Waals surface area (Å²) in [6.07, 6.45) is -1.97. The predicted molar refractivity (Wildman–Crippen MR) is 171 cm³/mol. The third kappa shape index (κ3) is 9.11. The molecule has 0 bridgehead atoms. The van der Waals surface area contributed by atoms with Crippen molar-refractivity contribution in [1.82, 2.24) is 0 Å². The highest BCUT2D eigenvalue weighted by molar-refractivity contribution is 14.1. The summed E-state index contributed by atoms with van der Waals surface area (Å²) in [7, 11) is 0. The molecule has 43 heavy (non-hydrogen) atoms. The fourth-order valence-electron chi connectivity index (χ4n) is 4.98. The lowest BCUT2D eigenvalue weighted by Gasteiger charge is -2.45. The van der Waals surface area contributed by atoms with E-state index in [1.165, 1.54) is 0 Å². The first kappa shape index (κ1) is 31.2. The van der Waals surface area contributed by atoms with E-state index in [2.05, 4.69) is 6.92 Å². The second-order valence-electron chi connectivity index (χ2n) is 10.2. The van der Waals surface area contributed by atoms with E-state index in [1.54, 1.807) is 46.9 Å². The Morgan fingerprint density at radius 1 is 0.628 bits per heavy atom. The van der Waals surface area contributed by atoms with Gasteiger partial charge in [0.25, 0.3) is 0 Å². The van der Waals surface area contributed by atoms with Gasteiger partial charge in [-0.15, -0.1) is 0 Å². The van der Waals surface area contributed by atoms with Crippen molar-refractivity contribution in [3.63, 3.8) is 0 Å². The van der Waals surface area contributed by atoms with Crippen molar-refractivity contribution in [1.29, 1.82) is 0 Å². The quantitative estimate of drug-likeness (QED) is 0.104. The normalized spacial score (nSPS) is 21.7. The number of ether oxygens (including phenoxy) is 6. The SMILES string of the molecule is CCC1OC(Oc2ccc(OC(=O)I)cc2)C(OCc2ccccc2)C(OCc2ccccc2)C1OCc1ccccc1. The number of hydrogen-bond acceptors (Lipinski definition) is 7. The molecule has 1 aliphatic heterocycles. The largest absolute Gasteiger partial charge is 0.462 e. The molecule has 4 aromatic rings. The maximum absolute atomic E-state index is 11.4. The van der Waals surface area contributed by atoms with E-state index in [9.17, 15) is 4.79 Å². The van der Waals surface area contributed by atoms with E-state index in [-0.39, 0.29) is 6.10 Å². The minimum atomic E-state index is -0.788. The molecule has 0 N–H and O–H groups in total. The molecular weight excluding hydrogens is 659 g/mol. The van der Waals surface area contributed by atoms with Gasteiger partial charge in [-0.05, 0) is 47.4 Å². The summed E-state index contributed by atoms with van der Waals surface area (Å²) in [4.78, 5) is 11.4. The number of rotatable bonds is 13. The molecule has 1 aliphatic rings. The van der Waals surface area contributed by atoms with Gasteiger partial charge < -0.3 is 28.4 Å². The summed E-state index contributed by atoms with van der Waals surface area (Å²) < 4.78 is 37.6. The first-order valence-electron chi connectivity index (χ1n) is 14.3. The van der Waals surface area contributed by atoms with Gasteiger partial charge in [0, 0.05) is 0 Å². The molecule has 0 radical (unpaired) electrons. The molecule has 0 amide bonds. The number of carbonyl (C=O) groups excluding carboxylic acids is 1. The Kier molecular flexibility index (Phi) is 11.6. The summed E-state index contributed by atoms with van der Waals surface area (Å²) in [6.45, 7) is 3.19. The molecule has 8 heteroatoms. The minimum absolute atomic E-state index is 0.315. The average Bonchev–Trinajstić information content (AvgIpc) is 3.04. The topological polar surface area (TPSA) is 72.5 Å². The Balaban J connectivity index is 1.43. The lowest BCUT2D eigenvalue weighted by Crippen LogP contribution is -2.61. The van der Waals surface area contributed by atoms with Crippen LogP contribution in [0.2, 0.25) is 0 Å². The lowest BCUT2D eigenvalue weighted by molar-refractivity contribution is -0.304. The first-order chi connectivity index (χ1) is 21.1. The third-order valence-electron chi connectivity index (χ3n) is 7.12. The van der Waals surface area contributed by atoms with Crippen molar-refractivity contribution in [3.8, 4) is 11.5 Å². The lowest BCUT2D eigenvalue weighted by atomic mass is 9.96. The maximum Gasteiger partial charge on any atom is 0.372 e. The number of benzene rings is 4. The van der Waals surface area contributed by atoms with Gasteiger partial charge >= 0.3 is 3.98 Å². The van der Waals surface area contributed by atoms with Crippen molar-refractivity contribution in [2.75, 3.05) is 0 Å². The van der Waals surface area contributed by atoms with Gasteiger partial charge in [0.15, 0.2) is 0 Å². The molecule has 4 aromatic carbocycles. The van der Waals surface area contributed by atoms with Gasteiger partial charge in [-0.2, -0.15) is 0 Å². The van der Waals surface area contributed by atoms with Gasteiger partial charge in [-0.25, -0.2) is 4.79 Å². The van der Waals surface area contributed by atoms with Crippen LogP contribution in [0.15, 0.2) is 115 Å². The van der Waals surface area contributed by atoms with Crippen LogP contribution in [0.25, 0.3) is 0 Å². The maximum atomic E-state index is 11.4. The molecular formula is C35H35IO7. The summed E-state index contributed by atoms with van der Waals surface area (Å²) in [5.41, 5.74) is 3.13. The zero-order chi connectivity index (χ0) is 29.9. The number of hydrogen-bond donors (Lipinski definition) is 0. The molecule has 0 aliphatic carbocycles. The van der Waals surface area contributed by atoms with Gasteiger partial charge in [-0.3, -0.25) is 0 Å². The van der Waals surface area contributed by atoms with Crippen LogP contribution < -0.4 is 9.47 Å². The van der Waals surface area contributed by atoms with E-state index in [0.29, 0.717) is 37.7 Å². The van der Waals surface area contributed by atoms with E-state index in [0.717, 1.165) is 16.7 Å². The minimum Gasteiger partial charge on any atom is -0.462 e. The van der Waals surface area contributed by atoms with Gasteiger partial charge in [-0.1, -0.05) is 97.9 Å². The second kappa shape index (κ2) is 16.0. The summed E-state index contributed by atoms with van der Waals surface area (Å²) in [5.74, 6) is 0.977. The van der Waals surface area contributed by atoms with Gasteiger partial charge in [0.2, 0.25) is 6.29 Å². The molecule has 1 saturated heterocycles. The molecule has 224 valence electrons. The fraction of sp³-hybridized carbons (Fsp3) is 0.286. The molecule has 1 fully saturated rings. The van der Waals surface area contributed by atoms with Crippen molar-refractivity contribution in [2.24, 2.45) is 0 Å². The van der Waals surface area contributed by atoms with Crippen LogP contribution in [0, 0.1) is 0 Å². The van der Waals surface area contributed by atoms with E-state index < -0.39 is 28.6 Å². The Labute approximate surface area is 266 Å². The van der Waals surface area contributed by atoms with Crippen LogP contribution in [0.5, 0.6) is 11.5 Å². The third-order valence-corrected chi connectivity index (χ3v) is 7.34. The summed E-state index contributed by atoms with van der Waals surface area (Å²) in [6, 6.07) is 36.9. The molecule has 1 heterocycles. The molecule has 0 aromatic heterocycles. The van der Waals surface area contributed by atoms with Crippen molar-refractivity contribution < 1.29 is 33.2 Å². The zero-order valence-electron chi connectivity index (χ0n) is 23.9. The van der Waals surface area contributed by atoms with Gasteiger partial charge in [0.05, 0.1) is 48.5 Å². The fourth-order valence-corrected chi connectivity index (χ4v) is 5.24.